The third-order valence-corrected chi connectivity index (χ3v) is 5.58. The maximum absolute atomic E-state index is 12.2. The van der Waals surface area contributed by atoms with Crippen molar-refractivity contribution in [2.24, 2.45) is 11.7 Å². The molecule has 0 spiro atoms. The molecule has 1 aromatic carbocycles. The normalized spacial score (nSPS) is 22.4. The number of benzene rings is 1. The van der Waals surface area contributed by atoms with Gasteiger partial charge in [-0.25, -0.2) is 9.59 Å². The molecule has 7 N–H and O–H groups in total. The van der Waals surface area contributed by atoms with Crippen LogP contribution in [0.5, 0.6) is 0 Å². The Morgan fingerprint density at radius 2 is 1.65 bits per heavy atom. The molecule has 14 nitrogen and oxygen atoms in total. The van der Waals surface area contributed by atoms with Crippen LogP contribution in [0, 0.1) is 5.92 Å². The SMILES string of the molecule is CC.CC(C)[C@@H](C=O)N(C)C(=O)OCc1ccc(NC(=O)CCO[C@@H]2O[C@H](C(=O)O)C(O)[C@H](O)C2O)cc1.CN. The lowest BCUT2D eigenvalue weighted by Gasteiger charge is -2.38. The van der Waals surface area contributed by atoms with Crippen molar-refractivity contribution < 1.29 is 53.8 Å². The van der Waals surface area contributed by atoms with Crippen molar-refractivity contribution >= 4 is 29.9 Å². The number of rotatable bonds is 11. The van der Waals surface area contributed by atoms with E-state index >= 15 is 0 Å². The molecule has 0 radical (unpaired) electrons. The molecule has 1 aliphatic heterocycles. The van der Waals surface area contributed by atoms with Gasteiger partial charge in [0.25, 0.3) is 0 Å². The number of aldehydes is 1. The Balaban J connectivity index is 0.00000363. The van der Waals surface area contributed by atoms with Gasteiger partial charge >= 0.3 is 12.1 Å². The molecule has 0 saturated carbocycles. The lowest BCUT2D eigenvalue weighted by Crippen LogP contribution is -2.60. The van der Waals surface area contributed by atoms with Crippen LogP contribution in [0.25, 0.3) is 0 Å². The Morgan fingerprint density at radius 1 is 1.07 bits per heavy atom. The highest BCUT2D eigenvalue weighted by atomic mass is 16.7. The number of carbonyl (C=O) groups excluding carboxylic acids is 3. The number of likely N-dealkylation sites (N-methyl/N-ethyl adjacent to an activating group) is 1. The molecular formula is C26H43N3O11. The number of aliphatic carboxylic acids is 1. The zero-order chi connectivity index (χ0) is 31.0. The summed E-state index contributed by atoms with van der Waals surface area (Å²) in [5.74, 6) is -2.05. The second kappa shape index (κ2) is 19.0. The summed E-state index contributed by atoms with van der Waals surface area (Å²) >= 11 is 0. The van der Waals surface area contributed by atoms with E-state index in [0.717, 1.165) is 0 Å². The predicted octanol–water partition coefficient (Wildman–Crippen LogP) is 0.317. The second-order valence-corrected chi connectivity index (χ2v) is 8.64. The first-order valence-electron chi connectivity index (χ1n) is 12.8. The summed E-state index contributed by atoms with van der Waals surface area (Å²) in [4.78, 5) is 47.8. The number of carboxylic acids is 1. The standard InChI is InChI=1S/C23H32N2O11.C2H6.CH5N/c1-12(2)15(10-26)25(3)23(33)35-11-13-4-6-14(7-5-13)24-16(27)8-9-34-22-19(30)17(28)18(29)20(36-22)21(31)32;2*1-2/h4-7,10,12,15,17-20,22,28-30H,8-9,11H2,1-3H3,(H,24,27)(H,31,32);1-2H3;2H2,1H3/t15-,17+,18?,19?,20+,22-;;/m1../s1. The van der Waals surface area contributed by atoms with Crippen LogP contribution in [0.3, 0.4) is 0 Å². The molecule has 0 aliphatic carbocycles. The molecule has 40 heavy (non-hydrogen) atoms. The fourth-order valence-electron chi connectivity index (χ4n) is 3.43. The Morgan fingerprint density at radius 3 is 2.15 bits per heavy atom. The van der Waals surface area contributed by atoms with Crippen LogP contribution < -0.4 is 11.1 Å². The first-order valence-corrected chi connectivity index (χ1v) is 12.8. The maximum Gasteiger partial charge on any atom is 0.410 e. The first kappa shape index (κ1) is 36.9. The van der Waals surface area contributed by atoms with Crippen molar-refractivity contribution in [1.82, 2.24) is 4.90 Å². The predicted molar refractivity (Wildman–Crippen MR) is 144 cm³/mol. The van der Waals surface area contributed by atoms with Crippen molar-refractivity contribution in [2.45, 2.75) is 77.5 Å². The number of aliphatic hydroxyl groups is 3. The Bertz CT molecular complexity index is 914. The third kappa shape index (κ3) is 11.2. The van der Waals surface area contributed by atoms with Gasteiger partial charge in [0.15, 0.2) is 12.4 Å². The molecule has 1 fully saturated rings. The van der Waals surface area contributed by atoms with Crippen molar-refractivity contribution in [3.8, 4) is 0 Å². The van der Waals surface area contributed by atoms with Crippen LogP contribution in [0.4, 0.5) is 10.5 Å². The van der Waals surface area contributed by atoms with Gasteiger partial charge in [-0.15, -0.1) is 0 Å². The highest BCUT2D eigenvalue weighted by Gasteiger charge is 2.47. The topological polar surface area (TPSA) is 218 Å². The summed E-state index contributed by atoms with van der Waals surface area (Å²) in [7, 11) is 2.99. The second-order valence-electron chi connectivity index (χ2n) is 8.64. The van der Waals surface area contributed by atoms with Gasteiger partial charge in [-0.1, -0.05) is 39.8 Å². The number of ether oxygens (including phenoxy) is 3. The third-order valence-electron chi connectivity index (χ3n) is 5.58. The summed E-state index contributed by atoms with van der Waals surface area (Å²) in [5, 5.41) is 41.0. The minimum Gasteiger partial charge on any atom is -0.479 e. The summed E-state index contributed by atoms with van der Waals surface area (Å²) < 4.78 is 15.4. The highest BCUT2D eigenvalue weighted by molar-refractivity contribution is 5.90. The van der Waals surface area contributed by atoms with E-state index in [2.05, 4.69) is 11.1 Å². The number of hydrogen-bond acceptors (Lipinski definition) is 11. The minimum atomic E-state index is -1.83. The summed E-state index contributed by atoms with van der Waals surface area (Å²) in [5.41, 5.74) is 5.61. The van der Waals surface area contributed by atoms with Crippen molar-refractivity contribution in [2.75, 3.05) is 26.0 Å². The average Bonchev–Trinajstić information content (AvgIpc) is 2.94. The number of hydrogen-bond donors (Lipinski definition) is 6. The van der Waals surface area contributed by atoms with Gasteiger partial charge in [0, 0.05) is 12.7 Å². The van der Waals surface area contributed by atoms with Gasteiger partial charge in [0.2, 0.25) is 5.91 Å². The van der Waals surface area contributed by atoms with Crippen molar-refractivity contribution in [3.63, 3.8) is 0 Å². The molecule has 1 saturated heterocycles. The van der Waals surface area contributed by atoms with Gasteiger partial charge < -0.3 is 55.4 Å². The van der Waals surface area contributed by atoms with Crippen LogP contribution in [0.15, 0.2) is 24.3 Å². The Labute approximate surface area is 234 Å². The summed E-state index contributed by atoms with van der Waals surface area (Å²) in [6.07, 6.45) is -8.78. The molecule has 2 rings (SSSR count). The molecule has 228 valence electrons. The average molecular weight is 574 g/mol. The van der Waals surface area contributed by atoms with E-state index in [1.54, 1.807) is 24.3 Å². The van der Waals surface area contributed by atoms with E-state index in [1.807, 2.05) is 27.7 Å². The smallest absolute Gasteiger partial charge is 0.410 e. The molecule has 1 aromatic rings. The molecule has 2 unspecified atom stereocenters. The highest BCUT2D eigenvalue weighted by Crippen LogP contribution is 2.22. The lowest BCUT2D eigenvalue weighted by atomic mass is 9.99. The van der Waals surface area contributed by atoms with E-state index in [-0.39, 0.29) is 25.6 Å². The van der Waals surface area contributed by atoms with Gasteiger partial charge in [-0.3, -0.25) is 4.79 Å². The fraction of sp³-hybridized carbons (Fsp3) is 0.615. The number of nitrogens with two attached hydrogens (primary N) is 1. The number of nitrogens with one attached hydrogen (secondary N) is 1. The van der Waals surface area contributed by atoms with Crippen molar-refractivity contribution in [1.29, 1.82) is 0 Å². The number of carboxylic acid groups (broad SMARTS) is 1. The van der Waals surface area contributed by atoms with Gasteiger partial charge in [0.1, 0.15) is 31.2 Å². The lowest BCUT2D eigenvalue weighted by molar-refractivity contribution is -0.293. The number of amides is 2. The molecule has 1 aliphatic rings. The molecule has 14 heteroatoms. The van der Waals surface area contributed by atoms with Crippen LogP contribution in [0.1, 0.15) is 39.7 Å². The van der Waals surface area contributed by atoms with E-state index in [4.69, 9.17) is 19.3 Å². The number of aliphatic hydroxyl groups excluding tert-OH is 3. The zero-order valence-corrected chi connectivity index (χ0v) is 23.7. The molecule has 2 amide bonds. The van der Waals surface area contributed by atoms with E-state index in [9.17, 15) is 34.5 Å². The van der Waals surface area contributed by atoms with Crippen LogP contribution in [-0.4, -0.2) is 107 Å². The van der Waals surface area contributed by atoms with E-state index in [1.165, 1.54) is 19.0 Å². The number of carbonyl (C=O) groups is 4. The summed E-state index contributed by atoms with van der Waals surface area (Å²) in [6, 6.07) is 5.88. The monoisotopic (exact) mass is 573 g/mol. The van der Waals surface area contributed by atoms with Crippen LogP contribution >= 0.6 is 0 Å². The van der Waals surface area contributed by atoms with Gasteiger partial charge in [-0.05, 0) is 30.7 Å². The first-order chi connectivity index (χ1) is 19.0. The Kier molecular flexibility index (Phi) is 17.5. The Hall–Kier alpha value is -3.14. The number of anilines is 1. The quantitative estimate of drug-likeness (QED) is 0.197. The number of nitrogens with zero attached hydrogens (tertiary/aromatic N) is 1. The molecule has 1 heterocycles. The summed E-state index contributed by atoms with van der Waals surface area (Å²) in [6.45, 7) is 7.35. The van der Waals surface area contributed by atoms with Crippen LogP contribution in [0.2, 0.25) is 0 Å². The molecule has 0 aromatic heterocycles. The van der Waals surface area contributed by atoms with E-state index < -0.39 is 54.7 Å². The van der Waals surface area contributed by atoms with Gasteiger partial charge in [-0.2, -0.15) is 0 Å². The molecular weight excluding hydrogens is 530 g/mol. The molecule has 6 atom stereocenters. The van der Waals surface area contributed by atoms with Crippen LogP contribution in [-0.2, 0) is 35.2 Å². The maximum atomic E-state index is 12.2. The minimum absolute atomic E-state index is 0.0312. The van der Waals surface area contributed by atoms with Crippen molar-refractivity contribution in [3.05, 3.63) is 29.8 Å². The van der Waals surface area contributed by atoms with Gasteiger partial charge in [0.05, 0.1) is 19.1 Å². The van der Waals surface area contributed by atoms with E-state index in [0.29, 0.717) is 17.5 Å². The zero-order valence-electron chi connectivity index (χ0n) is 23.7. The largest absolute Gasteiger partial charge is 0.479 e. The molecule has 0 bridgehead atoms. The fourth-order valence-corrected chi connectivity index (χ4v) is 3.43.